The maximum absolute atomic E-state index is 13.2. The van der Waals surface area contributed by atoms with Gasteiger partial charge in [0.15, 0.2) is 0 Å². The first-order valence-corrected chi connectivity index (χ1v) is 13.8. The summed E-state index contributed by atoms with van der Waals surface area (Å²) in [5.74, 6) is 1.67. The topological polar surface area (TPSA) is 70.6 Å². The van der Waals surface area contributed by atoms with Gasteiger partial charge in [-0.15, -0.1) is 0 Å². The second-order valence-electron chi connectivity index (χ2n) is 10.7. The molecule has 0 radical (unpaired) electrons. The molecule has 4 aromatic rings. The molecule has 1 amide bonds. The summed E-state index contributed by atoms with van der Waals surface area (Å²) in [6.07, 6.45) is 5.28. The van der Waals surface area contributed by atoms with Crippen LogP contribution in [0.5, 0.6) is 0 Å². The monoisotopic (exact) mass is 512 g/mol. The molecule has 38 heavy (non-hydrogen) atoms. The second kappa shape index (κ2) is 11.1. The quantitative estimate of drug-likeness (QED) is 0.371. The Balaban J connectivity index is 1.12. The van der Waals surface area contributed by atoms with Gasteiger partial charge in [0.25, 0.3) is 0 Å². The fourth-order valence-electron chi connectivity index (χ4n) is 5.89. The standard InChI is InChI=1S/C30H36N6O2/c1-33-15-7-8-23(20-33)21-34-16-18-35(19-17-34)28(37)14-13-27-29(24-9-3-2-4-10-24)32-30(38-27)36-22-31-25-11-5-6-12-26(25)36/h2-6,9-12,22-23H,7-8,13-21H2,1H3. The normalized spacial score (nSPS) is 19.3. The van der Waals surface area contributed by atoms with E-state index in [1.54, 1.807) is 6.33 Å². The third-order valence-electron chi connectivity index (χ3n) is 7.92. The zero-order chi connectivity index (χ0) is 25.9. The highest BCUT2D eigenvalue weighted by molar-refractivity contribution is 5.78. The number of carbonyl (C=O) groups is 1. The van der Waals surface area contributed by atoms with Crippen LogP contribution in [0, 0.1) is 5.92 Å². The van der Waals surface area contributed by atoms with Gasteiger partial charge in [-0.05, 0) is 44.5 Å². The Morgan fingerprint density at radius 1 is 1.00 bits per heavy atom. The Morgan fingerprint density at radius 2 is 1.79 bits per heavy atom. The van der Waals surface area contributed by atoms with Gasteiger partial charge in [0.2, 0.25) is 5.91 Å². The summed E-state index contributed by atoms with van der Waals surface area (Å²) in [5.41, 5.74) is 3.59. The number of aryl methyl sites for hydroxylation is 1. The molecule has 8 nitrogen and oxygen atoms in total. The Kier molecular flexibility index (Phi) is 7.25. The summed E-state index contributed by atoms with van der Waals surface area (Å²) in [6, 6.07) is 18.4. The highest BCUT2D eigenvalue weighted by Gasteiger charge is 2.26. The van der Waals surface area contributed by atoms with E-state index in [-0.39, 0.29) is 5.91 Å². The van der Waals surface area contributed by atoms with Crippen molar-refractivity contribution in [2.24, 2.45) is 5.92 Å². The van der Waals surface area contributed by atoms with Crippen molar-refractivity contribution in [2.75, 3.05) is 52.9 Å². The fraction of sp³-hybridized carbons (Fsp3) is 0.433. The lowest BCUT2D eigenvalue weighted by Gasteiger charge is -2.38. The Bertz CT molecular complexity index is 1370. The molecule has 4 heterocycles. The number of aromatic nitrogens is 3. The molecule has 2 aromatic carbocycles. The number of nitrogens with zero attached hydrogens (tertiary/aromatic N) is 6. The maximum Gasteiger partial charge on any atom is 0.308 e. The molecule has 2 aliphatic rings. The van der Waals surface area contributed by atoms with Crippen LogP contribution in [0.25, 0.3) is 28.3 Å². The van der Waals surface area contributed by atoms with E-state index in [2.05, 4.69) is 21.8 Å². The molecule has 0 aliphatic carbocycles. The third-order valence-corrected chi connectivity index (χ3v) is 7.92. The number of amides is 1. The molecule has 0 N–H and O–H groups in total. The summed E-state index contributed by atoms with van der Waals surface area (Å²) < 4.78 is 8.17. The smallest absolute Gasteiger partial charge is 0.308 e. The molecule has 0 spiro atoms. The SMILES string of the molecule is CN1CCCC(CN2CCN(C(=O)CCc3oc(-n4cnc5ccccc54)nc3-c3ccccc3)CC2)C1. The predicted molar refractivity (Wildman–Crippen MR) is 148 cm³/mol. The largest absolute Gasteiger partial charge is 0.427 e. The molecule has 2 saturated heterocycles. The number of oxazole rings is 1. The van der Waals surface area contributed by atoms with Gasteiger partial charge in [0.05, 0.1) is 11.0 Å². The van der Waals surface area contributed by atoms with Crippen molar-refractivity contribution in [1.82, 2.24) is 29.2 Å². The van der Waals surface area contributed by atoms with E-state index in [1.807, 2.05) is 64.1 Å². The van der Waals surface area contributed by atoms with Gasteiger partial charge in [0.1, 0.15) is 17.8 Å². The number of piperazine rings is 1. The van der Waals surface area contributed by atoms with Gasteiger partial charge in [0, 0.05) is 57.7 Å². The summed E-state index contributed by atoms with van der Waals surface area (Å²) >= 11 is 0. The first-order chi connectivity index (χ1) is 18.6. The van der Waals surface area contributed by atoms with Crippen LogP contribution in [0.3, 0.4) is 0 Å². The predicted octanol–water partition coefficient (Wildman–Crippen LogP) is 4.10. The molecule has 2 aromatic heterocycles. The number of carbonyl (C=O) groups excluding carboxylic acids is 1. The maximum atomic E-state index is 13.2. The van der Waals surface area contributed by atoms with Crippen LogP contribution < -0.4 is 0 Å². The number of piperidine rings is 1. The van der Waals surface area contributed by atoms with E-state index in [4.69, 9.17) is 9.40 Å². The van der Waals surface area contributed by atoms with Crippen molar-refractivity contribution in [1.29, 1.82) is 0 Å². The number of benzene rings is 2. The Labute approximate surface area is 223 Å². The Morgan fingerprint density at radius 3 is 2.61 bits per heavy atom. The summed E-state index contributed by atoms with van der Waals surface area (Å²) in [6.45, 7) is 7.08. The molecule has 6 rings (SSSR count). The van der Waals surface area contributed by atoms with E-state index in [9.17, 15) is 4.79 Å². The number of rotatable bonds is 7. The van der Waals surface area contributed by atoms with E-state index < -0.39 is 0 Å². The van der Waals surface area contributed by atoms with E-state index in [0.717, 1.165) is 66.7 Å². The van der Waals surface area contributed by atoms with Crippen molar-refractivity contribution in [3.63, 3.8) is 0 Å². The number of fused-ring (bicyclic) bond motifs is 1. The highest BCUT2D eigenvalue weighted by Crippen LogP contribution is 2.28. The molecule has 198 valence electrons. The number of hydrogen-bond acceptors (Lipinski definition) is 6. The number of likely N-dealkylation sites (tertiary alicyclic amines) is 1. The highest BCUT2D eigenvalue weighted by atomic mass is 16.4. The molecule has 8 heteroatoms. The van der Waals surface area contributed by atoms with Gasteiger partial charge in [-0.1, -0.05) is 42.5 Å². The minimum Gasteiger partial charge on any atom is -0.427 e. The zero-order valence-electron chi connectivity index (χ0n) is 22.1. The molecule has 1 atom stereocenters. The van der Waals surface area contributed by atoms with Crippen LogP contribution in [0.15, 0.2) is 65.3 Å². The lowest BCUT2D eigenvalue weighted by Crippen LogP contribution is -2.51. The second-order valence-corrected chi connectivity index (χ2v) is 10.7. The number of hydrogen-bond donors (Lipinski definition) is 0. The van der Waals surface area contributed by atoms with Crippen molar-refractivity contribution in [3.8, 4) is 17.3 Å². The van der Waals surface area contributed by atoms with Crippen LogP contribution >= 0.6 is 0 Å². The molecule has 0 saturated carbocycles. The van der Waals surface area contributed by atoms with Crippen molar-refractivity contribution < 1.29 is 9.21 Å². The van der Waals surface area contributed by atoms with Crippen molar-refractivity contribution in [2.45, 2.75) is 25.7 Å². The molecule has 2 fully saturated rings. The van der Waals surface area contributed by atoms with E-state index >= 15 is 0 Å². The third kappa shape index (κ3) is 5.37. The van der Waals surface area contributed by atoms with Crippen LogP contribution in [0.2, 0.25) is 0 Å². The van der Waals surface area contributed by atoms with Gasteiger partial charge in [-0.2, -0.15) is 4.98 Å². The number of para-hydroxylation sites is 2. The van der Waals surface area contributed by atoms with E-state index in [0.29, 0.717) is 18.9 Å². The molecular formula is C30H36N6O2. The molecular weight excluding hydrogens is 476 g/mol. The van der Waals surface area contributed by atoms with Gasteiger partial charge in [-0.25, -0.2) is 4.98 Å². The fourth-order valence-corrected chi connectivity index (χ4v) is 5.89. The number of imidazole rings is 1. The first kappa shape index (κ1) is 24.8. The van der Waals surface area contributed by atoms with Crippen LogP contribution in [0.1, 0.15) is 25.0 Å². The molecule has 1 unspecified atom stereocenters. The van der Waals surface area contributed by atoms with Crippen molar-refractivity contribution >= 4 is 16.9 Å². The molecule has 2 aliphatic heterocycles. The average molecular weight is 513 g/mol. The van der Waals surface area contributed by atoms with Crippen LogP contribution in [0.4, 0.5) is 0 Å². The Hall–Kier alpha value is -3.49. The minimum atomic E-state index is 0.187. The van der Waals surface area contributed by atoms with Crippen LogP contribution in [-0.2, 0) is 11.2 Å². The lowest BCUT2D eigenvalue weighted by atomic mass is 9.97. The van der Waals surface area contributed by atoms with Gasteiger partial charge in [-0.3, -0.25) is 14.3 Å². The average Bonchev–Trinajstić information content (AvgIpc) is 3.57. The summed E-state index contributed by atoms with van der Waals surface area (Å²) in [5, 5.41) is 0. The lowest BCUT2D eigenvalue weighted by molar-refractivity contribution is -0.133. The van der Waals surface area contributed by atoms with Gasteiger partial charge < -0.3 is 14.2 Å². The van der Waals surface area contributed by atoms with Crippen molar-refractivity contribution in [3.05, 3.63) is 66.7 Å². The van der Waals surface area contributed by atoms with Crippen LogP contribution in [-0.4, -0.2) is 88.0 Å². The minimum absolute atomic E-state index is 0.187. The summed E-state index contributed by atoms with van der Waals surface area (Å²) in [7, 11) is 2.22. The van der Waals surface area contributed by atoms with E-state index in [1.165, 1.54) is 25.9 Å². The summed E-state index contributed by atoms with van der Waals surface area (Å²) in [4.78, 5) is 29.5. The zero-order valence-corrected chi connectivity index (χ0v) is 22.1. The first-order valence-electron chi connectivity index (χ1n) is 13.8. The van der Waals surface area contributed by atoms with Gasteiger partial charge >= 0.3 is 6.01 Å². The molecule has 0 bridgehead atoms.